The third-order valence-electron chi connectivity index (χ3n) is 9.33. The normalized spacial score (nSPS) is 43.6. The summed E-state index contributed by atoms with van der Waals surface area (Å²) in [5.74, 6) is 0.611. The number of hydrogen-bond donors (Lipinski definition) is 14. The lowest BCUT2D eigenvalue weighted by Gasteiger charge is -2.46. The molecule has 20 heteroatoms. The molecule has 1 saturated carbocycles. The van der Waals surface area contributed by atoms with Gasteiger partial charge in [-0.15, -0.1) is 0 Å². The Labute approximate surface area is 285 Å². The standard InChI is InChI=1S/C29H58N8O12/c30-4-1-5-36-10-13-2-3-14(33)27(44-13)47-24-15(34)6-16(37-9-12(39)7-31)20(40)26(24)49-29-23(43)25(18(11-38)46-29)48-28-19(35)22(42)21(41)17(8-32)45-28/h2,12,14-29,36-43H,1,3-11,30-35H2/t12?,14-,15+,16-,17+,18-,19-,20+,21-,22-,23-,24-,25-,26-,27-,28-,29+/m1/s1. The van der Waals surface area contributed by atoms with Crippen LogP contribution in [-0.4, -0.2) is 181 Å². The second-order valence-electron chi connectivity index (χ2n) is 13.0. The van der Waals surface area contributed by atoms with Gasteiger partial charge in [0.15, 0.2) is 12.6 Å². The van der Waals surface area contributed by atoms with Gasteiger partial charge in [-0.2, -0.15) is 0 Å². The molecule has 0 aromatic carbocycles. The van der Waals surface area contributed by atoms with Gasteiger partial charge in [0.2, 0.25) is 6.29 Å². The molecule has 4 rings (SSSR count). The predicted molar refractivity (Wildman–Crippen MR) is 172 cm³/mol. The summed E-state index contributed by atoms with van der Waals surface area (Å²) >= 11 is 0. The van der Waals surface area contributed by atoms with Crippen LogP contribution in [0.3, 0.4) is 0 Å². The van der Waals surface area contributed by atoms with Gasteiger partial charge in [-0.05, 0) is 38.4 Å². The molecule has 1 aliphatic carbocycles. The fraction of sp³-hybridized carbons (Fsp3) is 0.931. The van der Waals surface area contributed by atoms with Crippen LogP contribution >= 0.6 is 0 Å². The summed E-state index contributed by atoms with van der Waals surface area (Å²) in [6, 6.07) is -3.27. The van der Waals surface area contributed by atoms with Gasteiger partial charge >= 0.3 is 0 Å². The summed E-state index contributed by atoms with van der Waals surface area (Å²) < 4.78 is 36.0. The zero-order valence-corrected chi connectivity index (χ0v) is 27.6. The van der Waals surface area contributed by atoms with E-state index in [2.05, 4.69) is 10.6 Å². The van der Waals surface area contributed by atoms with Gasteiger partial charge in [0.05, 0.1) is 37.4 Å². The zero-order chi connectivity index (χ0) is 35.8. The molecular weight excluding hydrogens is 652 g/mol. The summed E-state index contributed by atoms with van der Waals surface area (Å²) in [6.45, 7) is 0.926. The molecule has 3 heterocycles. The Morgan fingerprint density at radius 3 is 2.20 bits per heavy atom. The predicted octanol–water partition coefficient (Wildman–Crippen LogP) is -7.78. The molecule has 0 aromatic heterocycles. The van der Waals surface area contributed by atoms with Crippen molar-refractivity contribution >= 4 is 0 Å². The zero-order valence-electron chi connectivity index (χ0n) is 27.6. The highest BCUT2D eigenvalue weighted by Crippen LogP contribution is 2.34. The number of ether oxygens (including phenoxy) is 6. The molecule has 286 valence electrons. The van der Waals surface area contributed by atoms with Crippen LogP contribution < -0.4 is 45.0 Å². The van der Waals surface area contributed by atoms with E-state index in [1.165, 1.54) is 0 Å². The van der Waals surface area contributed by atoms with Gasteiger partial charge in [-0.1, -0.05) is 0 Å². The average molecular weight is 711 g/mol. The molecule has 0 radical (unpaired) electrons. The minimum Gasteiger partial charge on any atom is -0.467 e. The van der Waals surface area contributed by atoms with E-state index in [9.17, 15) is 30.6 Å². The second kappa shape index (κ2) is 19.0. The van der Waals surface area contributed by atoms with Gasteiger partial charge in [0.1, 0.15) is 54.6 Å². The first-order valence-electron chi connectivity index (χ1n) is 16.9. The molecule has 49 heavy (non-hydrogen) atoms. The maximum absolute atomic E-state index is 11.6. The molecule has 20 nitrogen and oxygen atoms in total. The van der Waals surface area contributed by atoms with Crippen molar-refractivity contribution < 1.29 is 59.1 Å². The maximum atomic E-state index is 11.6. The molecule has 20 N–H and O–H groups in total. The van der Waals surface area contributed by atoms with Crippen molar-refractivity contribution in [2.24, 2.45) is 34.4 Å². The monoisotopic (exact) mass is 710 g/mol. The summed E-state index contributed by atoms with van der Waals surface area (Å²) in [6.07, 6.45) is -12.8. The maximum Gasteiger partial charge on any atom is 0.215 e. The molecule has 0 spiro atoms. The van der Waals surface area contributed by atoms with E-state index in [0.29, 0.717) is 31.8 Å². The molecule has 2 saturated heterocycles. The molecule has 3 aliphatic heterocycles. The number of nitrogens with one attached hydrogen (secondary N) is 2. The largest absolute Gasteiger partial charge is 0.467 e. The molecule has 0 bridgehead atoms. The molecule has 1 unspecified atom stereocenters. The van der Waals surface area contributed by atoms with Gasteiger partial charge in [-0.3, -0.25) is 0 Å². The van der Waals surface area contributed by atoms with Crippen molar-refractivity contribution in [1.29, 1.82) is 0 Å². The van der Waals surface area contributed by atoms with E-state index < -0.39 is 111 Å². The van der Waals surface area contributed by atoms with Crippen LogP contribution in [0.2, 0.25) is 0 Å². The van der Waals surface area contributed by atoms with Gasteiger partial charge in [0.25, 0.3) is 0 Å². The van der Waals surface area contributed by atoms with Crippen molar-refractivity contribution in [1.82, 2.24) is 10.6 Å². The van der Waals surface area contributed by atoms with Crippen LogP contribution in [0.1, 0.15) is 19.3 Å². The van der Waals surface area contributed by atoms with Crippen LogP contribution in [-0.2, 0) is 28.4 Å². The van der Waals surface area contributed by atoms with E-state index in [-0.39, 0.29) is 26.1 Å². The fourth-order valence-electron chi connectivity index (χ4n) is 6.36. The minimum absolute atomic E-state index is 0.0101. The average Bonchev–Trinajstić information content (AvgIpc) is 3.39. The third kappa shape index (κ3) is 10.0. The lowest BCUT2D eigenvalue weighted by atomic mass is 9.83. The molecular formula is C29H58N8O12. The highest BCUT2D eigenvalue weighted by Gasteiger charge is 2.54. The van der Waals surface area contributed by atoms with E-state index in [1.807, 2.05) is 6.08 Å². The molecule has 17 atom stereocenters. The summed E-state index contributed by atoms with van der Waals surface area (Å²) in [5.41, 5.74) is 35.8. The molecule has 4 aliphatic rings. The van der Waals surface area contributed by atoms with Crippen molar-refractivity contribution in [2.45, 2.75) is 123 Å². The highest BCUT2D eigenvalue weighted by atomic mass is 16.8. The quantitative estimate of drug-likeness (QED) is 0.0623. The van der Waals surface area contributed by atoms with E-state index in [1.54, 1.807) is 0 Å². The summed E-state index contributed by atoms with van der Waals surface area (Å²) in [7, 11) is 0. The molecule has 0 aromatic rings. The van der Waals surface area contributed by atoms with E-state index >= 15 is 0 Å². The van der Waals surface area contributed by atoms with Gasteiger partial charge in [-0.25, -0.2) is 0 Å². The lowest BCUT2D eigenvalue weighted by Crippen LogP contribution is -2.66. The van der Waals surface area contributed by atoms with Crippen LogP contribution in [0.4, 0.5) is 0 Å². The molecule has 3 fully saturated rings. The number of rotatable bonds is 17. The minimum atomic E-state index is -1.58. The number of aliphatic hydroxyl groups excluding tert-OH is 6. The molecule has 0 amide bonds. The Hall–Kier alpha value is -1.22. The first-order chi connectivity index (χ1) is 23.4. The van der Waals surface area contributed by atoms with Crippen molar-refractivity contribution in [3.05, 3.63) is 11.8 Å². The smallest absolute Gasteiger partial charge is 0.215 e. The van der Waals surface area contributed by atoms with Crippen LogP contribution in [0.15, 0.2) is 11.8 Å². The van der Waals surface area contributed by atoms with E-state index in [4.69, 9.17) is 62.8 Å². The Kier molecular flexibility index (Phi) is 15.7. The van der Waals surface area contributed by atoms with Crippen molar-refractivity contribution in [3.63, 3.8) is 0 Å². The lowest BCUT2D eigenvalue weighted by molar-refractivity contribution is -0.282. The Balaban J connectivity index is 1.51. The number of aliphatic hydroxyl groups is 6. The van der Waals surface area contributed by atoms with Crippen molar-refractivity contribution in [3.8, 4) is 0 Å². The topological polar surface area (TPSA) is 357 Å². The Bertz CT molecular complexity index is 1020. The first kappa shape index (κ1) is 40.5. The first-order valence-corrected chi connectivity index (χ1v) is 16.9. The third-order valence-corrected chi connectivity index (χ3v) is 9.33. The van der Waals surface area contributed by atoms with Crippen molar-refractivity contribution in [2.75, 3.05) is 45.9 Å². The van der Waals surface area contributed by atoms with Crippen LogP contribution in [0, 0.1) is 0 Å². The van der Waals surface area contributed by atoms with Crippen LogP contribution in [0.25, 0.3) is 0 Å². The Morgan fingerprint density at radius 2 is 1.53 bits per heavy atom. The fourth-order valence-corrected chi connectivity index (χ4v) is 6.36. The summed E-state index contributed by atoms with van der Waals surface area (Å²) in [5, 5.41) is 70.1. The SMILES string of the molecule is NCCCNCC1=CC[C@@H](N)[C@@H](O[C@H]2[C@H](O[C@@H]3O[C@H](CO)[C@@H](O[C@H]4O[C@@H](CN)[C@@H](O)[C@H](O)[C@H]4N)[C@H]3O)[C@@H](O)[C@H](NCC(O)CN)C[C@@H]2N)O1. The second-order valence-corrected chi connectivity index (χ2v) is 13.0. The van der Waals surface area contributed by atoms with Gasteiger partial charge in [0, 0.05) is 31.7 Å². The highest BCUT2D eigenvalue weighted by molar-refractivity contribution is 5.05. The number of nitrogens with two attached hydrogens (primary N) is 6. The van der Waals surface area contributed by atoms with Crippen LogP contribution in [0.5, 0.6) is 0 Å². The summed E-state index contributed by atoms with van der Waals surface area (Å²) in [4.78, 5) is 0. The van der Waals surface area contributed by atoms with Gasteiger partial charge < -0.3 is 104 Å². The number of hydrogen-bond acceptors (Lipinski definition) is 20. The van der Waals surface area contributed by atoms with E-state index in [0.717, 1.165) is 6.42 Å². The Morgan fingerprint density at radius 1 is 0.837 bits per heavy atom.